The van der Waals surface area contributed by atoms with Crippen LogP contribution in [0.2, 0.25) is 0 Å². The first-order chi connectivity index (χ1) is 14.0. The van der Waals surface area contributed by atoms with Gasteiger partial charge in [0, 0.05) is 24.2 Å². The van der Waals surface area contributed by atoms with E-state index in [1.54, 1.807) is 38.4 Å². The molecule has 0 unspecified atom stereocenters. The van der Waals surface area contributed by atoms with Crippen molar-refractivity contribution in [3.05, 3.63) is 60.2 Å². The minimum Gasteiger partial charge on any atom is -0.497 e. The molecular formula is C22H23N3O3S. The van der Waals surface area contributed by atoms with E-state index in [0.717, 1.165) is 21.5 Å². The standard InChI is InChI=1S/C22H23N3O3S/c1-15-11-21(24-19-10-5-4-9-18(15)19)29-14-22(27)25(2)13-20(26)23-16-7-6-8-17(12-16)28-3/h4-12H,13-14H2,1-3H3,(H,23,26). The van der Waals surface area contributed by atoms with E-state index in [1.165, 1.54) is 16.7 Å². The van der Waals surface area contributed by atoms with Crippen molar-refractivity contribution in [1.82, 2.24) is 9.88 Å². The maximum atomic E-state index is 12.4. The summed E-state index contributed by atoms with van der Waals surface area (Å²) in [4.78, 5) is 30.7. The number of aryl methyl sites for hydroxylation is 1. The maximum absolute atomic E-state index is 12.4. The minimum absolute atomic E-state index is 0.0270. The molecule has 1 heterocycles. The van der Waals surface area contributed by atoms with E-state index >= 15 is 0 Å². The number of hydrogen-bond acceptors (Lipinski definition) is 5. The number of nitrogens with one attached hydrogen (secondary N) is 1. The molecule has 150 valence electrons. The molecule has 0 aliphatic heterocycles. The van der Waals surface area contributed by atoms with Crippen LogP contribution in [0.5, 0.6) is 5.75 Å². The monoisotopic (exact) mass is 409 g/mol. The molecular weight excluding hydrogens is 386 g/mol. The van der Waals surface area contributed by atoms with Crippen molar-refractivity contribution >= 4 is 40.2 Å². The van der Waals surface area contributed by atoms with Crippen molar-refractivity contribution < 1.29 is 14.3 Å². The number of aromatic nitrogens is 1. The zero-order valence-corrected chi connectivity index (χ0v) is 17.5. The second-order valence-electron chi connectivity index (χ2n) is 6.61. The molecule has 0 bridgehead atoms. The number of amides is 2. The summed E-state index contributed by atoms with van der Waals surface area (Å²) in [6.45, 7) is 2.01. The van der Waals surface area contributed by atoms with E-state index in [0.29, 0.717) is 11.4 Å². The maximum Gasteiger partial charge on any atom is 0.243 e. The van der Waals surface area contributed by atoms with Gasteiger partial charge < -0.3 is 15.0 Å². The lowest BCUT2D eigenvalue weighted by molar-refractivity contribution is -0.131. The van der Waals surface area contributed by atoms with Gasteiger partial charge >= 0.3 is 0 Å². The van der Waals surface area contributed by atoms with Crippen LogP contribution in [0.25, 0.3) is 10.9 Å². The van der Waals surface area contributed by atoms with E-state index < -0.39 is 0 Å². The minimum atomic E-state index is -0.265. The number of benzene rings is 2. The molecule has 0 aliphatic rings. The van der Waals surface area contributed by atoms with Gasteiger partial charge in [-0.15, -0.1) is 0 Å². The number of hydrogen-bond donors (Lipinski definition) is 1. The van der Waals surface area contributed by atoms with Crippen LogP contribution >= 0.6 is 11.8 Å². The van der Waals surface area contributed by atoms with Crippen LogP contribution in [-0.2, 0) is 9.59 Å². The molecule has 2 amide bonds. The van der Waals surface area contributed by atoms with Crippen LogP contribution in [0.4, 0.5) is 5.69 Å². The molecule has 0 saturated heterocycles. The molecule has 0 spiro atoms. The van der Waals surface area contributed by atoms with Gasteiger partial charge in [0.2, 0.25) is 11.8 Å². The second-order valence-corrected chi connectivity index (χ2v) is 7.61. The van der Waals surface area contributed by atoms with Gasteiger partial charge in [0.05, 0.1) is 30.0 Å². The molecule has 0 saturated carbocycles. The van der Waals surface area contributed by atoms with Crippen LogP contribution < -0.4 is 10.1 Å². The highest BCUT2D eigenvalue weighted by molar-refractivity contribution is 7.99. The summed E-state index contributed by atoms with van der Waals surface area (Å²) in [6, 6.07) is 17.0. The predicted octanol–water partition coefficient (Wildman–Crippen LogP) is 3.74. The Bertz CT molecular complexity index is 1040. The van der Waals surface area contributed by atoms with Gasteiger partial charge in [-0.05, 0) is 36.8 Å². The van der Waals surface area contributed by atoms with Crippen LogP contribution in [0, 0.1) is 6.92 Å². The highest BCUT2D eigenvalue weighted by atomic mass is 32.2. The molecule has 0 radical (unpaired) electrons. The fourth-order valence-electron chi connectivity index (χ4n) is 2.84. The van der Waals surface area contributed by atoms with Crippen molar-refractivity contribution in [2.45, 2.75) is 11.9 Å². The van der Waals surface area contributed by atoms with E-state index in [2.05, 4.69) is 10.3 Å². The quantitative estimate of drug-likeness (QED) is 0.602. The lowest BCUT2D eigenvalue weighted by atomic mass is 10.1. The molecule has 3 rings (SSSR count). The first kappa shape index (κ1) is 20.7. The van der Waals surface area contributed by atoms with Gasteiger partial charge in [-0.3, -0.25) is 9.59 Å². The fourth-order valence-corrected chi connectivity index (χ4v) is 3.76. The number of nitrogens with zero attached hydrogens (tertiary/aromatic N) is 2. The Kier molecular flexibility index (Phi) is 6.72. The van der Waals surface area contributed by atoms with Gasteiger partial charge in [-0.2, -0.15) is 0 Å². The van der Waals surface area contributed by atoms with E-state index in [4.69, 9.17) is 4.74 Å². The number of likely N-dealkylation sites (N-methyl/N-ethyl adjacent to an activating group) is 1. The van der Waals surface area contributed by atoms with E-state index in [1.807, 2.05) is 37.3 Å². The smallest absolute Gasteiger partial charge is 0.243 e. The van der Waals surface area contributed by atoms with Gasteiger partial charge in [-0.1, -0.05) is 36.0 Å². The molecule has 0 fully saturated rings. The number of fused-ring (bicyclic) bond motifs is 1. The summed E-state index contributed by atoms with van der Waals surface area (Å²) in [5.74, 6) is 0.470. The summed E-state index contributed by atoms with van der Waals surface area (Å²) in [6.07, 6.45) is 0. The summed E-state index contributed by atoms with van der Waals surface area (Å²) in [7, 11) is 3.18. The molecule has 3 aromatic rings. The highest BCUT2D eigenvalue weighted by Gasteiger charge is 2.14. The number of methoxy groups -OCH3 is 1. The highest BCUT2D eigenvalue weighted by Crippen LogP contribution is 2.23. The second kappa shape index (κ2) is 9.43. The number of ether oxygens (including phenoxy) is 1. The molecule has 2 aromatic carbocycles. The summed E-state index contributed by atoms with van der Waals surface area (Å²) in [5, 5.41) is 4.67. The van der Waals surface area contributed by atoms with Gasteiger partial charge in [0.15, 0.2) is 0 Å². The SMILES string of the molecule is COc1cccc(NC(=O)CN(C)C(=O)CSc2cc(C)c3ccccc3n2)c1. The Balaban J connectivity index is 1.54. The third kappa shape index (κ3) is 5.48. The third-order valence-corrected chi connectivity index (χ3v) is 5.30. The van der Waals surface area contributed by atoms with Crippen molar-refractivity contribution in [3.8, 4) is 5.75 Å². The van der Waals surface area contributed by atoms with Gasteiger partial charge in [0.25, 0.3) is 0 Å². The zero-order chi connectivity index (χ0) is 20.8. The van der Waals surface area contributed by atoms with Crippen molar-refractivity contribution in [1.29, 1.82) is 0 Å². The number of carbonyl (C=O) groups excluding carboxylic acids is 2. The molecule has 7 heteroatoms. The van der Waals surface area contributed by atoms with Gasteiger partial charge in [0.1, 0.15) is 5.75 Å². The predicted molar refractivity (Wildman–Crippen MR) is 116 cm³/mol. The number of anilines is 1. The summed E-state index contributed by atoms with van der Waals surface area (Å²) >= 11 is 1.37. The molecule has 6 nitrogen and oxygen atoms in total. The lowest BCUT2D eigenvalue weighted by Gasteiger charge is -2.17. The van der Waals surface area contributed by atoms with Crippen molar-refractivity contribution in [2.24, 2.45) is 0 Å². The van der Waals surface area contributed by atoms with Crippen molar-refractivity contribution in [3.63, 3.8) is 0 Å². The molecule has 1 aromatic heterocycles. The van der Waals surface area contributed by atoms with Crippen molar-refractivity contribution in [2.75, 3.05) is 31.8 Å². The topological polar surface area (TPSA) is 71.5 Å². The summed E-state index contributed by atoms with van der Waals surface area (Å²) < 4.78 is 5.14. The molecule has 1 N–H and O–H groups in total. The van der Waals surface area contributed by atoms with E-state index in [9.17, 15) is 9.59 Å². The molecule has 0 atom stereocenters. The Morgan fingerprint density at radius 2 is 1.93 bits per heavy atom. The Hall–Kier alpha value is -3.06. The van der Waals surface area contributed by atoms with Crippen LogP contribution in [0.3, 0.4) is 0 Å². The largest absolute Gasteiger partial charge is 0.497 e. The van der Waals surface area contributed by atoms with Crippen LogP contribution in [0.1, 0.15) is 5.56 Å². The van der Waals surface area contributed by atoms with E-state index in [-0.39, 0.29) is 24.1 Å². The lowest BCUT2D eigenvalue weighted by Crippen LogP contribution is -2.35. The molecule has 29 heavy (non-hydrogen) atoms. The Morgan fingerprint density at radius 1 is 1.14 bits per heavy atom. The summed E-state index contributed by atoms with van der Waals surface area (Å²) in [5.41, 5.74) is 2.66. The Labute approximate surface area is 174 Å². The average Bonchev–Trinajstić information content (AvgIpc) is 2.72. The first-order valence-corrected chi connectivity index (χ1v) is 10.1. The fraction of sp³-hybridized carbons (Fsp3) is 0.227. The number of rotatable bonds is 7. The Morgan fingerprint density at radius 3 is 2.72 bits per heavy atom. The first-order valence-electron chi connectivity index (χ1n) is 9.13. The third-order valence-electron chi connectivity index (χ3n) is 4.40. The van der Waals surface area contributed by atoms with Gasteiger partial charge in [-0.25, -0.2) is 4.98 Å². The zero-order valence-electron chi connectivity index (χ0n) is 16.6. The number of thioether (sulfide) groups is 1. The van der Waals surface area contributed by atoms with Crippen LogP contribution in [0.15, 0.2) is 59.6 Å². The number of pyridine rings is 1. The molecule has 0 aliphatic carbocycles. The van der Waals surface area contributed by atoms with Crippen LogP contribution in [-0.4, -0.2) is 48.2 Å². The normalized spacial score (nSPS) is 10.6. The number of carbonyl (C=O) groups is 2. The average molecular weight is 410 g/mol. The number of para-hydroxylation sites is 1.